The summed E-state index contributed by atoms with van der Waals surface area (Å²) in [7, 11) is 0. The zero-order chi connectivity index (χ0) is 26.3. The average molecular weight is 518 g/mol. The Balaban J connectivity index is 1.23. The van der Waals surface area contributed by atoms with E-state index in [9.17, 15) is 13.6 Å². The first-order valence-electron chi connectivity index (χ1n) is 13.9. The predicted molar refractivity (Wildman–Crippen MR) is 148 cm³/mol. The van der Waals surface area contributed by atoms with E-state index in [0.717, 1.165) is 64.7 Å². The van der Waals surface area contributed by atoms with Gasteiger partial charge >= 0.3 is 6.03 Å². The summed E-state index contributed by atoms with van der Waals surface area (Å²) < 4.78 is 26.6. The van der Waals surface area contributed by atoms with Gasteiger partial charge in [-0.05, 0) is 111 Å². The second-order valence-corrected chi connectivity index (χ2v) is 10.9. The van der Waals surface area contributed by atoms with E-state index in [-0.39, 0.29) is 23.7 Å². The Hall–Kier alpha value is -3.25. The SMILES string of the molecule is O=C(Nc1ccc(F)cc1)N1CCC[C@@H](CN2CCC(Cc3ccc(F)cc3)CC2)[C@H]1Cc1ccccc1. The highest BCUT2D eigenvalue weighted by molar-refractivity contribution is 5.89. The molecule has 2 atom stereocenters. The van der Waals surface area contributed by atoms with Gasteiger partial charge in [-0.3, -0.25) is 0 Å². The van der Waals surface area contributed by atoms with Gasteiger partial charge in [0.1, 0.15) is 11.6 Å². The molecular weight excluding hydrogens is 480 g/mol. The molecule has 2 heterocycles. The summed E-state index contributed by atoms with van der Waals surface area (Å²) in [4.78, 5) is 18.0. The van der Waals surface area contributed by atoms with Crippen LogP contribution in [-0.4, -0.2) is 48.1 Å². The molecule has 0 aliphatic carbocycles. The highest BCUT2D eigenvalue weighted by Gasteiger charge is 2.36. The van der Waals surface area contributed by atoms with Crippen LogP contribution in [0.2, 0.25) is 0 Å². The normalized spacial score (nSPS) is 20.8. The lowest BCUT2D eigenvalue weighted by Crippen LogP contribution is -2.54. The van der Waals surface area contributed by atoms with Crippen LogP contribution in [0.5, 0.6) is 0 Å². The molecule has 5 rings (SSSR count). The predicted octanol–water partition coefficient (Wildman–Crippen LogP) is 6.77. The topological polar surface area (TPSA) is 35.6 Å². The third-order valence-corrected chi connectivity index (χ3v) is 8.20. The van der Waals surface area contributed by atoms with E-state index < -0.39 is 0 Å². The maximum atomic E-state index is 13.4. The van der Waals surface area contributed by atoms with Crippen molar-refractivity contribution in [1.29, 1.82) is 0 Å². The second-order valence-electron chi connectivity index (χ2n) is 10.9. The van der Waals surface area contributed by atoms with Gasteiger partial charge < -0.3 is 15.1 Å². The first-order chi connectivity index (χ1) is 18.5. The molecule has 0 unspecified atom stereocenters. The van der Waals surface area contributed by atoms with Crippen LogP contribution in [0, 0.1) is 23.5 Å². The quantitative estimate of drug-likeness (QED) is 0.375. The Morgan fingerprint density at radius 1 is 0.763 bits per heavy atom. The number of carbonyl (C=O) groups excluding carboxylic acids is 1. The van der Waals surface area contributed by atoms with Crippen LogP contribution < -0.4 is 5.32 Å². The molecule has 200 valence electrons. The van der Waals surface area contributed by atoms with Crippen molar-refractivity contribution in [1.82, 2.24) is 9.80 Å². The van der Waals surface area contributed by atoms with Crippen molar-refractivity contribution in [2.45, 2.75) is 44.6 Å². The lowest BCUT2D eigenvalue weighted by Gasteiger charge is -2.44. The maximum absolute atomic E-state index is 13.4. The highest BCUT2D eigenvalue weighted by atomic mass is 19.1. The van der Waals surface area contributed by atoms with Gasteiger partial charge in [0.2, 0.25) is 0 Å². The summed E-state index contributed by atoms with van der Waals surface area (Å²) in [6.45, 7) is 3.83. The van der Waals surface area contributed by atoms with Gasteiger partial charge in [0.25, 0.3) is 0 Å². The monoisotopic (exact) mass is 517 g/mol. The molecule has 0 spiro atoms. The maximum Gasteiger partial charge on any atom is 0.322 e. The summed E-state index contributed by atoms with van der Waals surface area (Å²) >= 11 is 0. The summed E-state index contributed by atoms with van der Waals surface area (Å²) in [5.74, 6) is 0.517. The molecule has 0 bridgehead atoms. The number of hydrogen-bond acceptors (Lipinski definition) is 2. The number of benzene rings is 3. The lowest BCUT2D eigenvalue weighted by molar-refractivity contribution is 0.0791. The molecule has 2 fully saturated rings. The fraction of sp³-hybridized carbons (Fsp3) is 0.406. The lowest BCUT2D eigenvalue weighted by atomic mass is 9.83. The largest absolute Gasteiger partial charge is 0.322 e. The summed E-state index contributed by atoms with van der Waals surface area (Å²) in [6, 6.07) is 23.3. The van der Waals surface area contributed by atoms with Crippen molar-refractivity contribution in [3.05, 3.63) is 102 Å². The zero-order valence-electron chi connectivity index (χ0n) is 21.9. The Bertz CT molecular complexity index is 1160. The van der Waals surface area contributed by atoms with Crippen LogP contribution >= 0.6 is 0 Å². The minimum atomic E-state index is -0.315. The van der Waals surface area contributed by atoms with Crippen molar-refractivity contribution >= 4 is 11.7 Å². The Labute approximate surface area is 224 Å². The average Bonchev–Trinajstić information content (AvgIpc) is 2.94. The molecule has 0 saturated carbocycles. The molecule has 2 amide bonds. The fourth-order valence-electron chi connectivity index (χ4n) is 6.12. The molecule has 3 aromatic carbocycles. The summed E-state index contributed by atoms with van der Waals surface area (Å²) in [5.41, 5.74) is 3.06. The number of nitrogens with one attached hydrogen (secondary N) is 1. The smallest absolute Gasteiger partial charge is 0.321 e. The number of hydrogen-bond donors (Lipinski definition) is 1. The molecule has 2 saturated heterocycles. The Morgan fingerprint density at radius 3 is 2.08 bits per heavy atom. The minimum Gasteiger partial charge on any atom is -0.321 e. The molecule has 0 aromatic heterocycles. The van der Waals surface area contributed by atoms with Crippen molar-refractivity contribution < 1.29 is 13.6 Å². The highest BCUT2D eigenvalue weighted by Crippen LogP contribution is 2.30. The van der Waals surface area contributed by atoms with Crippen molar-refractivity contribution in [3.8, 4) is 0 Å². The van der Waals surface area contributed by atoms with E-state index in [1.54, 1.807) is 24.3 Å². The molecule has 4 nitrogen and oxygen atoms in total. The molecule has 6 heteroatoms. The van der Waals surface area contributed by atoms with Crippen LogP contribution in [0.3, 0.4) is 0 Å². The standard InChI is InChI=1S/C32H37F2N3O/c33-28-10-8-25(9-11-28)21-26-16-19-36(20-17-26)23-27-7-4-18-37(31(27)22-24-5-2-1-3-6-24)32(38)35-30-14-12-29(34)13-15-30/h1-3,5-6,8-15,26-27,31H,4,7,16-23H2,(H,35,38)/t27-,31+/m0/s1. The third kappa shape index (κ3) is 6.98. The number of likely N-dealkylation sites (tertiary alicyclic amines) is 2. The van der Waals surface area contributed by atoms with E-state index in [1.807, 2.05) is 23.1 Å². The van der Waals surface area contributed by atoms with E-state index in [1.165, 1.54) is 23.3 Å². The molecule has 3 aromatic rings. The van der Waals surface area contributed by atoms with Gasteiger partial charge in [-0.1, -0.05) is 42.5 Å². The van der Waals surface area contributed by atoms with Crippen molar-refractivity contribution in [3.63, 3.8) is 0 Å². The summed E-state index contributed by atoms with van der Waals surface area (Å²) in [6.07, 6.45) is 6.19. The number of halogens is 2. The van der Waals surface area contributed by atoms with Crippen LogP contribution in [0.25, 0.3) is 0 Å². The molecule has 1 N–H and O–H groups in total. The van der Waals surface area contributed by atoms with Crippen LogP contribution in [-0.2, 0) is 12.8 Å². The van der Waals surface area contributed by atoms with Crippen LogP contribution in [0.1, 0.15) is 36.8 Å². The van der Waals surface area contributed by atoms with Gasteiger partial charge in [0, 0.05) is 24.8 Å². The number of anilines is 1. The first-order valence-corrected chi connectivity index (χ1v) is 13.9. The Morgan fingerprint density at radius 2 is 1.39 bits per heavy atom. The number of nitrogens with zero attached hydrogens (tertiary/aromatic N) is 2. The second kappa shape index (κ2) is 12.5. The summed E-state index contributed by atoms with van der Waals surface area (Å²) in [5, 5.41) is 2.99. The van der Waals surface area contributed by atoms with Crippen molar-refractivity contribution in [2.24, 2.45) is 11.8 Å². The number of rotatable bonds is 7. The van der Waals surface area contributed by atoms with E-state index >= 15 is 0 Å². The molecule has 38 heavy (non-hydrogen) atoms. The molecule has 0 radical (unpaired) electrons. The first kappa shape index (κ1) is 26.4. The third-order valence-electron chi connectivity index (χ3n) is 8.20. The van der Waals surface area contributed by atoms with Crippen LogP contribution in [0.4, 0.5) is 19.3 Å². The minimum absolute atomic E-state index is 0.100. The van der Waals surface area contributed by atoms with Gasteiger partial charge in [-0.15, -0.1) is 0 Å². The number of piperidine rings is 2. The van der Waals surface area contributed by atoms with Crippen LogP contribution in [0.15, 0.2) is 78.9 Å². The zero-order valence-corrected chi connectivity index (χ0v) is 21.9. The number of amides is 2. The molecular formula is C32H37F2N3O. The van der Waals surface area contributed by atoms with E-state index in [4.69, 9.17) is 0 Å². The number of urea groups is 1. The van der Waals surface area contributed by atoms with E-state index in [0.29, 0.717) is 17.5 Å². The Kier molecular flexibility index (Phi) is 8.69. The fourth-order valence-corrected chi connectivity index (χ4v) is 6.12. The molecule has 2 aliphatic heterocycles. The van der Waals surface area contributed by atoms with E-state index in [2.05, 4.69) is 34.5 Å². The van der Waals surface area contributed by atoms with Gasteiger partial charge in [0.15, 0.2) is 0 Å². The molecule has 2 aliphatic rings. The van der Waals surface area contributed by atoms with Gasteiger partial charge in [-0.2, -0.15) is 0 Å². The van der Waals surface area contributed by atoms with Gasteiger partial charge in [0.05, 0.1) is 0 Å². The van der Waals surface area contributed by atoms with Crippen molar-refractivity contribution in [2.75, 3.05) is 31.5 Å². The van der Waals surface area contributed by atoms with Gasteiger partial charge in [-0.25, -0.2) is 13.6 Å². The number of carbonyl (C=O) groups is 1.